The number of rotatable bonds is 39. The molecule has 0 saturated carbocycles. The van der Waals surface area contributed by atoms with Gasteiger partial charge in [-0.25, -0.2) is 0 Å². The van der Waals surface area contributed by atoms with Gasteiger partial charge in [-0.15, -0.1) is 0 Å². The highest BCUT2D eigenvalue weighted by atomic mass is 16.5. The minimum absolute atomic E-state index is 0.0165. The second-order valence-electron chi connectivity index (χ2n) is 14.4. The van der Waals surface area contributed by atoms with Gasteiger partial charge in [-0.2, -0.15) is 0 Å². The summed E-state index contributed by atoms with van der Waals surface area (Å²) < 4.78 is 10.7. The van der Waals surface area contributed by atoms with Gasteiger partial charge in [-0.1, -0.05) is 121 Å². The van der Waals surface area contributed by atoms with Crippen LogP contribution in [0.1, 0.15) is 187 Å². The summed E-state index contributed by atoms with van der Waals surface area (Å²) in [4.78, 5) is 49.0. The van der Waals surface area contributed by atoms with Crippen LogP contribution in [0.25, 0.3) is 0 Å². The number of carbonyl (C=O) groups excluding carboxylic acids is 3. The van der Waals surface area contributed by atoms with E-state index in [0.717, 1.165) is 109 Å². The molecular formula is C43H78N2O8. The monoisotopic (exact) mass is 751 g/mol. The molecule has 0 aliphatic heterocycles. The summed E-state index contributed by atoms with van der Waals surface area (Å²) >= 11 is 0. The molecule has 0 bridgehead atoms. The van der Waals surface area contributed by atoms with Crippen LogP contribution < -0.4 is 5.73 Å². The van der Waals surface area contributed by atoms with Crippen LogP contribution in [0.3, 0.4) is 0 Å². The quantitative estimate of drug-likeness (QED) is 0.0316. The summed E-state index contributed by atoms with van der Waals surface area (Å²) in [6.45, 7) is 2.02. The van der Waals surface area contributed by atoms with Crippen LogP contribution in [-0.4, -0.2) is 77.9 Å². The second kappa shape index (κ2) is 39.0. The topological polar surface area (TPSA) is 156 Å². The van der Waals surface area contributed by atoms with Crippen LogP contribution in [0.2, 0.25) is 0 Å². The molecule has 1 atom stereocenters. The van der Waals surface area contributed by atoms with Crippen LogP contribution in [-0.2, 0) is 28.7 Å². The van der Waals surface area contributed by atoms with Gasteiger partial charge in [-0.3, -0.25) is 19.2 Å². The van der Waals surface area contributed by atoms with Gasteiger partial charge in [0, 0.05) is 19.3 Å². The molecule has 10 nitrogen and oxygen atoms in total. The number of aliphatic carboxylic acids is 1. The lowest BCUT2D eigenvalue weighted by molar-refractivity contribution is -0.148. The van der Waals surface area contributed by atoms with Crippen molar-refractivity contribution in [3.8, 4) is 0 Å². The molecule has 4 N–H and O–H groups in total. The average molecular weight is 751 g/mol. The molecule has 0 unspecified atom stereocenters. The first kappa shape index (κ1) is 50.3. The second-order valence-corrected chi connectivity index (χ2v) is 14.4. The Hall–Kier alpha value is -2.72. The zero-order chi connectivity index (χ0) is 39.0. The molecule has 0 fully saturated rings. The molecule has 0 aliphatic carbocycles. The Balaban J connectivity index is 3.92. The van der Waals surface area contributed by atoms with Gasteiger partial charge in [0.25, 0.3) is 0 Å². The van der Waals surface area contributed by atoms with Gasteiger partial charge >= 0.3 is 17.9 Å². The third kappa shape index (κ3) is 36.0. The zero-order valence-electron chi connectivity index (χ0n) is 33.6. The third-order valence-electron chi connectivity index (χ3n) is 9.40. The number of aliphatic hydroxyl groups is 1. The van der Waals surface area contributed by atoms with E-state index in [2.05, 4.69) is 31.2 Å². The Morgan fingerprint density at radius 2 is 0.887 bits per heavy atom. The largest absolute Gasteiger partial charge is 0.481 e. The van der Waals surface area contributed by atoms with Crippen LogP contribution in [0.15, 0.2) is 24.3 Å². The number of unbranched alkanes of at least 4 members (excludes halogenated alkanes) is 21. The molecule has 10 heteroatoms. The van der Waals surface area contributed by atoms with Gasteiger partial charge in [0.05, 0.1) is 19.7 Å². The van der Waals surface area contributed by atoms with E-state index in [1.807, 2.05) is 0 Å². The summed E-state index contributed by atoms with van der Waals surface area (Å²) in [7, 11) is 0. The molecule has 0 spiro atoms. The Morgan fingerprint density at radius 1 is 0.547 bits per heavy atom. The predicted molar refractivity (Wildman–Crippen MR) is 214 cm³/mol. The third-order valence-corrected chi connectivity index (χ3v) is 9.40. The van der Waals surface area contributed by atoms with Gasteiger partial charge in [-0.05, 0) is 70.6 Å². The number of hydrogen-bond acceptors (Lipinski definition) is 8. The number of allylic oxidation sites excluding steroid dienone is 4. The van der Waals surface area contributed by atoms with E-state index in [1.165, 1.54) is 56.3 Å². The number of aliphatic hydroxyl groups excluding tert-OH is 1. The minimum atomic E-state index is -1.08. The summed E-state index contributed by atoms with van der Waals surface area (Å²) in [6.07, 6.45) is 37.9. The lowest BCUT2D eigenvalue weighted by Crippen LogP contribution is -2.48. The number of carbonyl (C=O) groups is 4. The molecule has 0 radical (unpaired) electrons. The van der Waals surface area contributed by atoms with Gasteiger partial charge in [0.1, 0.15) is 19.3 Å². The maximum atomic E-state index is 12.6. The minimum Gasteiger partial charge on any atom is -0.481 e. The fourth-order valence-electron chi connectivity index (χ4n) is 6.03. The van der Waals surface area contributed by atoms with E-state index in [-0.39, 0.29) is 44.7 Å². The first-order chi connectivity index (χ1) is 25.8. The van der Waals surface area contributed by atoms with E-state index < -0.39 is 24.5 Å². The SMILES string of the molecule is CCCCCCCC/C=C\CCCCCCCC(=O)OCCN(CCOC(=O)CCCCCCC/C=C\CCCCCCCC(=O)O)C(=O)[C@@H](N)CO. The zero-order valence-corrected chi connectivity index (χ0v) is 33.6. The van der Waals surface area contributed by atoms with Crippen molar-refractivity contribution < 1.29 is 38.9 Å². The summed E-state index contributed by atoms with van der Waals surface area (Å²) in [5.74, 6) is -1.78. The van der Waals surface area contributed by atoms with E-state index >= 15 is 0 Å². The number of esters is 2. The molecule has 0 rings (SSSR count). The number of nitrogens with two attached hydrogens (primary N) is 1. The number of amides is 1. The maximum absolute atomic E-state index is 12.6. The molecule has 308 valence electrons. The van der Waals surface area contributed by atoms with Gasteiger partial charge in [0.15, 0.2) is 0 Å². The van der Waals surface area contributed by atoms with E-state index in [9.17, 15) is 24.3 Å². The standard InChI is InChI=1S/C43H78N2O8/c1-2-3-4-5-6-7-8-9-10-14-17-20-23-26-29-32-41(49)52-36-34-45(43(51)39(44)38-46)35-37-53-42(50)33-30-27-24-21-18-15-12-11-13-16-19-22-25-28-31-40(47)48/h9-12,39,46H,2-8,13-38,44H2,1H3,(H,47,48)/b10-9-,12-11-/t39-/m0/s1. The van der Waals surface area contributed by atoms with E-state index in [0.29, 0.717) is 12.8 Å². The maximum Gasteiger partial charge on any atom is 0.305 e. The summed E-state index contributed by atoms with van der Waals surface area (Å²) in [6, 6.07) is -1.08. The lowest BCUT2D eigenvalue weighted by atomic mass is 10.1. The average Bonchev–Trinajstić information content (AvgIpc) is 3.14. The van der Waals surface area contributed by atoms with Crippen molar-refractivity contribution in [2.24, 2.45) is 5.73 Å². The van der Waals surface area contributed by atoms with Crippen molar-refractivity contribution in [3.63, 3.8) is 0 Å². The van der Waals surface area contributed by atoms with Gasteiger partial charge < -0.3 is 30.3 Å². The van der Waals surface area contributed by atoms with E-state index in [4.69, 9.17) is 20.3 Å². The molecular weight excluding hydrogens is 672 g/mol. The molecule has 0 aliphatic rings. The number of hydrogen-bond donors (Lipinski definition) is 3. The Labute approximate surface area is 322 Å². The molecule has 0 aromatic heterocycles. The Bertz CT molecular complexity index is 955. The lowest BCUT2D eigenvalue weighted by Gasteiger charge is -2.24. The number of ether oxygens (including phenoxy) is 2. The summed E-state index contributed by atoms with van der Waals surface area (Å²) in [5.41, 5.74) is 5.75. The van der Waals surface area contributed by atoms with Crippen molar-refractivity contribution in [3.05, 3.63) is 24.3 Å². The highest BCUT2D eigenvalue weighted by molar-refractivity contribution is 5.81. The number of nitrogens with zero attached hydrogens (tertiary/aromatic N) is 1. The van der Waals surface area contributed by atoms with Gasteiger partial charge in [0.2, 0.25) is 5.91 Å². The van der Waals surface area contributed by atoms with Crippen molar-refractivity contribution >= 4 is 23.8 Å². The van der Waals surface area contributed by atoms with Crippen LogP contribution in [0, 0.1) is 0 Å². The molecule has 1 amide bonds. The normalized spacial score (nSPS) is 12.1. The first-order valence-corrected chi connectivity index (χ1v) is 21.3. The highest BCUT2D eigenvalue weighted by Crippen LogP contribution is 2.12. The molecule has 0 aromatic carbocycles. The fraction of sp³-hybridized carbons (Fsp3) is 0.814. The Morgan fingerprint density at radius 3 is 1.25 bits per heavy atom. The van der Waals surface area contributed by atoms with Crippen molar-refractivity contribution in [1.29, 1.82) is 0 Å². The highest BCUT2D eigenvalue weighted by Gasteiger charge is 2.21. The van der Waals surface area contributed by atoms with Crippen molar-refractivity contribution in [2.75, 3.05) is 32.9 Å². The molecule has 0 aromatic rings. The predicted octanol–water partition coefficient (Wildman–Crippen LogP) is 9.36. The van der Waals surface area contributed by atoms with Crippen LogP contribution >= 0.6 is 0 Å². The van der Waals surface area contributed by atoms with Crippen LogP contribution in [0.4, 0.5) is 0 Å². The molecule has 53 heavy (non-hydrogen) atoms. The fourth-order valence-corrected chi connectivity index (χ4v) is 6.03. The number of carboxylic acid groups (broad SMARTS) is 1. The van der Waals surface area contributed by atoms with Crippen molar-refractivity contribution in [2.45, 2.75) is 193 Å². The van der Waals surface area contributed by atoms with Crippen molar-refractivity contribution in [1.82, 2.24) is 4.90 Å². The Kier molecular flexibility index (Phi) is 37.0. The van der Waals surface area contributed by atoms with E-state index in [1.54, 1.807) is 0 Å². The smallest absolute Gasteiger partial charge is 0.305 e. The molecule has 0 heterocycles. The number of carboxylic acids is 1. The van der Waals surface area contributed by atoms with Crippen LogP contribution in [0.5, 0.6) is 0 Å². The molecule has 0 saturated heterocycles. The summed E-state index contributed by atoms with van der Waals surface area (Å²) in [5, 5.41) is 18.0. The first-order valence-electron chi connectivity index (χ1n) is 21.3.